The maximum Gasteiger partial charge on any atom is 0.0234 e. The van der Waals surface area contributed by atoms with Crippen LogP contribution in [0.5, 0.6) is 0 Å². The van der Waals surface area contributed by atoms with Crippen molar-refractivity contribution in [3.05, 3.63) is 0 Å². The van der Waals surface area contributed by atoms with Crippen LogP contribution in [0.3, 0.4) is 0 Å². The summed E-state index contributed by atoms with van der Waals surface area (Å²) in [6, 6.07) is 0. The minimum atomic E-state index is -0.534. The van der Waals surface area contributed by atoms with Crippen molar-refractivity contribution in [1.29, 1.82) is 0 Å². The predicted molar refractivity (Wildman–Crippen MR) is 89.2 cm³/mol. The maximum absolute atomic E-state index is 11.7. The molecule has 0 rings (SSSR count). The van der Waals surface area contributed by atoms with Gasteiger partial charge in [-0.3, -0.25) is 4.21 Å². The first-order valence-corrected chi connectivity index (χ1v) is 10.1. The summed E-state index contributed by atoms with van der Waals surface area (Å²) in [4.78, 5) is 0. The second kappa shape index (κ2) is 16.2. The van der Waals surface area contributed by atoms with Crippen molar-refractivity contribution in [3.8, 4) is 0 Å². The van der Waals surface area contributed by atoms with Crippen molar-refractivity contribution in [1.82, 2.24) is 0 Å². The van der Waals surface area contributed by atoms with E-state index in [0.717, 1.165) is 17.9 Å². The van der Waals surface area contributed by atoms with Gasteiger partial charge in [0.15, 0.2) is 0 Å². The van der Waals surface area contributed by atoms with Crippen LogP contribution in [0, 0.1) is 0 Å². The molecule has 0 aliphatic rings. The summed E-state index contributed by atoms with van der Waals surface area (Å²) < 4.78 is 11.7. The van der Waals surface area contributed by atoms with Crippen LogP contribution in [0.1, 0.15) is 97.3 Å². The highest BCUT2D eigenvalue weighted by Gasteiger charge is 1.99. The fraction of sp³-hybridized carbons (Fsp3) is 1.00. The summed E-state index contributed by atoms with van der Waals surface area (Å²) >= 11 is 0. The highest BCUT2D eigenvalue weighted by Crippen LogP contribution is 2.10. The molecule has 2 heteroatoms. The molecule has 0 aliphatic heterocycles. The minimum absolute atomic E-state index is 0.534. The number of unbranched alkanes of at least 4 members (excludes halogenated alkanes) is 11. The molecule has 1 atom stereocenters. The normalized spacial score (nSPS) is 12.7. The van der Waals surface area contributed by atoms with Gasteiger partial charge in [-0.05, 0) is 12.8 Å². The molecule has 0 heterocycles. The van der Waals surface area contributed by atoms with Gasteiger partial charge in [-0.25, -0.2) is 0 Å². The maximum atomic E-state index is 11.7. The van der Waals surface area contributed by atoms with Gasteiger partial charge in [0.25, 0.3) is 0 Å². The Hall–Kier alpha value is 0.150. The number of rotatable bonds is 15. The Labute approximate surface area is 124 Å². The van der Waals surface area contributed by atoms with Crippen molar-refractivity contribution in [2.45, 2.75) is 97.3 Å². The smallest absolute Gasteiger partial charge is 0.0234 e. The van der Waals surface area contributed by atoms with Gasteiger partial charge in [0.2, 0.25) is 0 Å². The molecule has 0 unspecified atom stereocenters. The summed E-state index contributed by atoms with van der Waals surface area (Å²) in [6.07, 6.45) is 17.2. The first-order chi connectivity index (χ1) is 9.31. The summed E-state index contributed by atoms with van der Waals surface area (Å²) in [5.41, 5.74) is 0. The van der Waals surface area contributed by atoms with Crippen LogP contribution < -0.4 is 0 Å². The van der Waals surface area contributed by atoms with Crippen LogP contribution in [0.25, 0.3) is 0 Å². The lowest BCUT2D eigenvalue weighted by Crippen LogP contribution is -2.02. The SMILES string of the molecule is CCCCCCCCCCCC[S@](=O)CCCCC. The molecule has 0 aromatic rings. The molecule has 0 bridgehead atoms. The van der Waals surface area contributed by atoms with Crippen LogP contribution in [0.15, 0.2) is 0 Å². The van der Waals surface area contributed by atoms with E-state index in [1.165, 1.54) is 77.0 Å². The molecule has 0 N–H and O–H groups in total. The predicted octanol–water partition coefficient (Wildman–Crippen LogP) is 5.85. The van der Waals surface area contributed by atoms with Crippen molar-refractivity contribution < 1.29 is 4.21 Å². The summed E-state index contributed by atoms with van der Waals surface area (Å²) in [6.45, 7) is 4.47. The lowest BCUT2D eigenvalue weighted by atomic mass is 10.1. The van der Waals surface area contributed by atoms with Gasteiger partial charge >= 0.3 is 0 Å². The lowest BCUT2D eigenvalue weighted by molar-refractivity contribution is 0.562. The van der Waals surface area contributed by atoms with Crippen molar-refractivity contribution in [3.63, 3.8) is 0 Å². The molecule has 0 aromatic heterocycles. The Bertz CT molecular complexity index is 192. The van der Waals surface area contributed by atoms with Crippen LogP contribution in [-0.2, 0) is 10.8 Å². The lowest BCUT2D eigenvalue weighted by Gasteiger charge is -2.03. The second-order valence-electron chi connectivity index (χ2n) is 5.74. The first kappa shape index (κ1) is 19.1. The van der Waals surface area contributed by atoms with Gasteiger partial charge in [-0.1, -0.05) is 84.5 Å². The van der Waals surface area contributed by atoms with E-state index in [2.05, 4.69) is 13.8 Å². The number of hydrogen-bond acceptors (Lipinski definition) is 1. The summed E-state index contributed by atoms with van der Waals surface area (Å²) in [5, 5.41) is 0. The molecule has 0 amide bonds. The molecule has 0 fully saturated rings. The van der Waals surface area contributed by atoms with E-state index in [-0.39, 0.29) is 0 Å². The van der Waals surface area contributed by atoms with E-state index >= 15 is 0 Å². The van der Waals surface area contributed by atoms with Crippen molar-refractivity contribution >= 4 is 10.8 Å². The van der Waals surface area contributed by atoms with Gasteiger partial charge in [0.05, 0.1) is 0 Å². The molecule has 0 aliphatic carbocycles. The van der Waals surface area contributed by atoms with Gasteiger partial charge in [0, 0.05) is 22.3 Å². The largest absolute Gasteiger partial charge is 0.260 e. The third-order valence-electron chi connectivity index (χ3n) is 3.70. The molecule has 0 aromatic carbocycles. The average Bonchev–Trinajstić information content (AvgIpc) is 2.41. The molecule has 19 heavy (non-hydrogen) atoms. The third-order valence-corrected chi connectivity index (χ3v) is 5.19. The highest BCUT2D eigenvalue weighted by atomic mass is 32.2. The molecule has 116 valence electrons. The topological polar surface area (TPSA) is 17.1 Å². The monoisotopic (exact) mass is 288 g/mol. The molecule has 0 saturated carbocycles. The fourth-order valence-electron chi connectivity index (χ4n) is 2.37. The van der Waals surface area contributed by atoms with E-state index in [4.69, 9.17) is 0 Å². The molecule has 0 spiro atoms. The Morgan fingerprint density at radius 3 is 1.32 bits per heavy atom. The van der Waals surface area contributed by atoms with Crippen molar-refractivity contribution in [2.24, 2.45) is 0 Å². The van der Waals surface area contributed by atoms with E-state index in [9.17, 15) is 4.21 Å². The second-order valence-corrected chi connectivity index (χ2v) is 7.43. The van der Waals surface area contributed by atoms with E-state index in [0.29, 0.717) is 0 Å². The van der Waals surface area contributed by atoms with Gasteiger partial charge < -0.3 is 0 Å². The van der Waals surface area contributed by atoms with Gasteiger partial charge in [-0.15, -0.1) is 0 Å². The Morgan fingerprint density at radius 2 is 0.842 bits per heavy atom. The first-order valence-electron chi connectivity index (χ1n) is 8.66. The van der Waals surface area contributed by atoms with E-state index < -0.39 is 10.8 Å². The number of hydrogen-bond donors (Lipinski definition) is 0. The van der Waals surface area contributed by atoms with Crippen LogP contribution in [0.4, 0.5) is 0 Å². The molecule has 0 radical (unpaired) electrons. The van der Waals surface area contributed by atoms with Crippen LogP contribution in [-0.4, -0.2) is 15.7 Å². The zero-order valence-electron chi connectivity index (χ0n) is 13.4. The average molecular weight is 289 g/mol. The van der Waals surface area contributed by atoms with Crippen LogP contribution >= 0.6 is 0 Å². The Morgan fingerprint density at radius 1 is 0.526 bits per heavy atom. The minimum Gasteiger partial charge on any atom is -0.260 e. The Kier molecular flexibility index (Phi) is 16.3. The third kappa shape index (κ3) is 16.1. The molecule has 0 saturated heterocycles. The van der Waals surface area contributed by atoms with Crippen LogP contribution in [0.2, 0.25) is 0 Å². The van der Waals surface area contributed by atoms with E-state index in [1.54, 1.807) is 0 Å². The van der Waals surface area contributed by atoms with E-state index in [1.807, 2.05) is 0 Å². The van der Waals surface area contributed by atoms with Gasteiger partial charge in [-0.2, -0.15) is 0 Å². The quantitative estimate of drug-likeness (QED) is 0.346. The highest BCUT2D eigenvalue weighted by molar-refractivity contribution is 7.84. The Balaban J connectivity index is 3.07. The molecule has 1 nitrogen and oxygen atoms in total. The van der Waals surface area contributed by atoms with Gasteiger partial charge in [0.1, 0.15) is 0 Å². The summed E-state index contributed by atoms with van der Waals surface area (Å²) in [7, 11) is -0.534. The van der Waals surface area contributed by atoms with Crippen molar-refractivity contribution in [2.75, 3.05) is 11.5 Å². The zero-order valence-corrected chi connectivity index (χ0v) is 14.2. The summed E-state index contributed by atoms with van der Waals surface area (Å²) in [5.74, 6) is 1.88. The fourth-order valence-corrected chi connectivity index (χ4v) is 3.62. The standard InChI is InChI=1S/C17H36OS/c1-3-5-7-8-9-10-11-12-13-15-17-19(18)16-14-6-4-2/h3-17H2,1-2H3/t19-/m1/s1. The molecular formula is C17H36OS. The zero-order chi connectivity index (χ0) is 14.2. The molecular weight excluding hydrogens is 252 g/mol.